The van der Waals surface area contributed by atoms with Crippen LogP contribution in [0.15, 0.2) is 136 Å². The van der Waals surface area contributed by atoms with Crippen molar-refractivity contribution in [2.24, 2.45) is 0 Å². The number of carbonyl (C=O) groups is 2. The molecule has 0 unspecified atom stereocenters. The van der Waals surface area contributed by atoms with Gasteiger partial charge in [0.15, 0.2) is 11.5 Å². The smallest absolute Gasteiger partial charge is 0.347 e. The molecule has 1 aliphatic heterocycles. The fourth-order valence-corrected chi connectivity index (χ4v) is 6.93. The average molecular weight is 721 g/mol. The van der Waals surface area contributed by atoms with E-state index >= 15 is 0 Å². The van der Waals surface area contributed by atoms with Crippen molar-refractivity contribution in [3.63, 3.8) is 0 Å². The van der Waals surface area contributed by atoms with E-state index < -0.39 is 22.8 Å². The van der Waals surface area contributed by atoms with E-state index in [2.05, 4.69) is 23.6 Å². The van der Waals surface area contributed by atoms with Gasteiger partial charge in [-0.25, -0.2) is 9.59 Å². The van der Waals surface area contributed by atoms with Crippen molar-refractivity contribution >= 4 is 66.8 Å². The molecule has 8 aromatic rings. The SMILES string of the molecule is CCN(CC)c1ccc2cc(C(=O)c3cc4ccccc4o3)c(=O)oc2c1.O=C(c1cc2ccccc2o1)c1cc2ccc(N3CCCC3)cc2oc1=O. The first-order valence-electron chi connectivity index (χ1n) is 18.0. The highest BCUT2D eigenvalue weighted by atomic mass is 16.4. The summed E-state index contributed by atoms with van der Waals surface area (Å²) in [6.45, 7) is 7.87. The Labute approximate surface area is 308 Å². The quantitative estimate of drug-likeness (QED) is 0.111. The number of fused-ring (bicyclic) bond motifs is 4. The van der Waals surface area contributed by atoms with Gasteiger partial charge in [0.1, 0.15) is 33.5 Å². The molecule has 0 saturated carbocycles. The Balaban J connectivity index is 0.000000153. The zero-order chi connectivity index (χ0) is 37.3. The molecular formula is C44H36N2O8. The monoisotopic (exact) mass is 720 g/mol. The molecule has 1 aliphatic rings. The molecule has 0 bridgehead atoms. The van der Waals surface area contributed by atoms with Gasteiger partial charge >= 0.3 is 11.3 Å². The van der Waals surface area contributed by atoms with E-state index in [0.717, 1.165) is 53.7 Å². The number of hydrogen-bond donors (Lipinski definition) is 0. The number of para-hydroxylation sites is 2. The summed E-state index contributed by atoms with van der Waals surface area (Å²) in [5.74, 6) is -0.681. The minimum atomic E-state index is -0.662. The fourth-order valence-electron chi connectivity index (χ4n) is 6.93. The summed E-state index contributed by atoms with van der Waals surface area (Å²) >= 11 is 0. The molecule has 0 atom stereocenters. The number of nitrogens with zero attached hydrogens (tertiary/aromatic N) is 2. The van der Waals surface area contributed by atoms with Crippen molar-refractivity contribution < 1.29 is 27.3 Å². The number of benzene rings is 4. The maximum atomic E-state index is 12.8. The molecule has 0 N–H and O–H groups in total. The first-order valence-corrected chi connectivity index (χ1v) is 18.0. The first-order chi connectivity index (χ1) is 26.3. The topological polar surface area (TPSA) is 127 Å². The van der Waals surface area contributed by atoms with Crippen molar-refractivity contribution in [3.05, 3.63) is 153 Å². The van der Waals surface area contributed by atoms with Crippen LogP contribution in [0.5, 0.6) is 0 Å². The maximum absolute atomic E-state index is 12.8. The Hall–Kier alpha value is -6.68. The van der Waals surface area contributed by atoms with Crippen molar-refractivity contribution in [2.75, 3.05) is 36.0 Å². The van der Waals surface area contributed by atoms with Crippen LogP contribution in [0.1, 0.15) is 58.9 Å². The lowest BCUT2D eigenvalue weighted by Crippen LogP contribution is -2.21. The molecule has 0 spiro atoms. The molecule has 9 rings (SSSR count). The minimum absolute atomic E-state index is 0.0181. The minimum Gasteiger partial charge on any atom is -0.453 e. The van der Waals surface area contributed by atoms with Crippen LogP contribution in [0.4, 0.5) is 11.4 Å². The van der Waals surface area contributed by atoms with E-state index in [1.54, 1.807) is 36.4 Å². The third-order valence-electron chi connectivity index (χ3n) is 9.83. The highest BCUT2D eigenvalue weighted by Crippen LogP contribution is 2.27. The molecule has 4 aromatic heterocycles. The number of carbonyl (C=O) groups excluding carboxylic acids is 2. The maximum Gasteiger partial charge on any atom is 0.347 e. The third kappa shape index (κ3) is 6.58. The molecule has 54 heavy (non-hydrogen) atoms. The molecule has 270 valence electrons. The van der Waals surface area contributed by atoms with Crippen LogP contribution in [0.2, 0.25) is 0 Å². The van der Waals surface area contributed by atoms with Crippen LogP contribution in [0.3, 0.4) is 0 Å². The summed E-state index contributed by atoms with van der Waals surface area (Å²) in [6, 6.07) is 32.6. The predicted octanol–water partition coefficient (Wildman–Crippen LogP) is 8.99. The summed E-state index contributed by atoms with van der Waals surface area (Å²) in [5, 5.41) is 3.05. The second-order valence-electron chi connectivity index (χ2n) is 13.2. The Bertz CT molecular complexity index is 2570. The van der Waals surface area contributed by atoms with Gasteiger partial charge in [0.05, 0.1) is 0 Å². The molecule has 1 saturated heterocycles. The van der Waals surface area contributed by atoms with Crippen molar-refractivity contribution in [1.82, 2.24) is 0 Å². The van der Waals surface area contributed by atoms with Gasteiger partial charge in [-0.05, 0) is 87.4 Å². The highest BCUT2D eigenvalue weighted by Gasteiger charge is 2.22. The second kappa shape index (κ2) is 14.4. The van der Waals surface area contributed by atoms with Crippen LogP contribution in [0, 0.1) is 0 Å². The molecule has 1 fully saturated rings. The lowest BCUT2D eigenvalue weighted by molar-refractivity contribution is 0.100. The number of furan rings is 2. The van der Waals surface area contributed by atoms with Gasteiger partial charge in [-0.1, -0.05) is 36.4 Å². The van der Waals surface area contributed by atoms with Crippen LogP contribution in [-0.2, 0) is 0 Å². The first kappa shape index (κ1) is 34.4. The standard InChI is InChI=1S/C22H17NO4.C22H19NO4/c24-21(20-12-14-5-1-2-6-18(14)26-20)17-11-15-7-8-16(23-9-3-4-10-23)13-19(15)27-22(17)25;1-3-23(4-2)16-10-9-15-11-17(22(25)27-19(15)13-16)21(24)20-12-14-7-5-6-8-18(14)26-20/h1-2,5-8,11-13H,3-4,9-10H2;5-13H,3-4H2,1-2H3. The van der Waals surface area contributed by atoms with Gasteiger partial charge in [0.25, 0.3) is 0 Å². The lowest BCUT2D eigenvalue weighted by atomic mass is 10.1. The van der Waals surface area contributed by atoms with Gasteiger partial charge in [-0.2, -0.15) is 0 Å². The lowest BCUT2D eigenvalue weighted by Gasteiger charge is -2.20. The van der Waals surface area contributed by atoms with Crippen molar-refractivity contribution in [3.8, 4) is 0 Å². The van der Waals surface area contributed by atoms with Crippen molar-refractivity contribution in [1.29, 1.82) is 0 Å². The zero-order valence-electron chi connectivity index (χ0n) is 29.8. The molecule has 4 aromatic carbocycles. The third-order valence-corrected chi connectivity index (χ3v) is 9.83. The predicted molar refractivity (Wildman–Crippen MR) is 209 cm³/mol. The summed E-state index contributed by atoms with van der Waals surface area (Å²) < 4.78 is 22.1. The molecule has 10 heteroatoms. The Kier molecular flexibility index (Phi) is 9.17. The van der Waals surface area contributed by atoms with Crippen LogP contribution in [-0.4, -0.2) is 37.7 Å². The van der Waals surface area contributed by atoms with Gasteiger partial charge in [0.2, 0.25) is 11.6 Å². The van der Waals surface area contributed by atoms with Gasteiger partial charge in [0, 0.05) is 71.2 Å². The summed E-state index contributed by atoms with van der Waals surface area (Å²) in [7, 11) is 0. The van der Waals surface area contributed by atoms with Gasteiger partial charge < -0.3 is 27.5 Å². The highest BCUT2D eigenvalue weighted by molar-refractivity contribution is 6.10. The van der Waals surface area contributed by atoms with E-state index in [1.807, 2.05) is 72.8 Å². The average Bonchev–Trinajstić information content (AvgIpc) is 3.98. The van der Waals surface area contributed by atoms with Crippen LogP contribution < -0.4 is 21.1 Å². The second-order valence-corrected chi connectivity index (χ2v) is 13.2. The number of hydrogen-bond acceptors (Lipinski definition) is 10. The Morgan fingerprint density at radius 1 is 0.556 bits per heavy atom. The summed E-state index contributed by atoms with van der Waals surface area (Å²) in [5.41, 5.74) is 2.84. The summed E-state index contributed by atoms with van der Waals surface area (Å²) in [6.07, 6.45) is 2.35. The normalized spacial score (nSPS) is 12.7. The largest absolute Gasteiger partial charge is 0.453 e. The molecule has 0 radical (unpaired) electrons. The van der Waals surface area contributed by atoms with Crippen LogP contribution >= 0.6 is 0 Å². The number of ketones is 2. The van der Waals surface area contributed by atoms with E-state index in [0.29, 0.717) is 27.7 Å². The van der Waals surface area contributed by atoms with E-state index in [-0.39, 0.29) is 22.6 Å². The molecule has 5 heterocycles. The van der Waals surface area contributed by atoms with Crippen LogP contribution in [0.25, 0.3) is 43.9 Å². The van der Waals surface area contributed by atoms with Gasteiger partial charge in [-0.15, -0.1) is 0 Å². The number of anilines is 2. The van der Waals surface area contributed by atoms with Crippen molar-refractivity contribution in [2.45, 2.75) is 26.7 Å². The van der Waals surface area contributed by atoms with E-state index in [4.69, 9.17) is 17.7 Å². The number of rotatable bonds is 8. The Morgan fingerprint density at radius 3 is 1.56 bits per heavy atom. The zero-order valence-corrected chi connectivity index (χ0v) is 29.8. The van der Waals surface area contributed by atoms with Gasteiger partial charge in [-0.3, -0.25) is 9.59 Å². The van der Waals surface area contributed by atoms with E-state index in [9.17, 15) is 19.2 Å². The summed E-state index contributed by atoms with van der Waals surface area (Å²) in [4.78, 5) is 54.9. The molecule has 10 nitrogen and oxygen atoms in total. The molecular weight excluding hydrogens is 684 g/mol. The Morgan fingerprint density at radius 2 is 1.04 bits per heavy atom. The fraction of sp³-hybridized carbons (Fsp3) is 0.182. The molecule has 0 amide bonds. The molecule has 0 aliphatic carbocycles. The van der Waals surface area contributed by atoms with E-state index in [1.165, 1.54) is 12.8 Å².